The van der Waals surface area contributed by atoms with E-state index in [1.54, 1.807) is 13.0 Å². The number of rotatable bonds is 3. The van der Waals surface area contributed by atoms with E-state index in [-0.39, 0.29) is 68.5 Å². The summed E-state index contributed by atoms with van der Waals surface area (Å²) in [5.74, 6) is -4.26. The second-order valence-corrected chi connectivity index (χ2v) is 11.0. The van der Waals surface area contributed by atoms with Crippen molar-refractivity contribution in [2.75, 3.05) is 14.2 Å². The number of phenols is 4. The third-order valence-electron chi connectivity index (χ3n) is 7.97. The molecule has 0 heterocycles. The molecule has 6 rings (SSSR count). The fourth-order valence-electron chi connectivity index (χ4n) is 6.24. The second-order valence-electron chi connectivity index (χ2n) is 11.0. The molecule has 0 fully saturated rings. The number of benzene rings is 4. The first-order valence-corrected chi connectivity index (χ1v) is 13.0. The van der Waals surface area contributed by atoms with E-state index in [4.69, 9.17) is 9.47 Å². The first-order chi connectivity index (χ1) is 19.8. The SMILES string of the molecule is COc1cc2c(c(O)c1-c1c(OC)cc3cc4c(c(O)c3c1O)C(=O)CC(C)(O)C4)C(=O)c1c(O)cc(C)cc1C2=O. The molecular formula is C32H26O10. The Kier molecular flexibility index (Phi) is 5.78. The molecule has 0 radical (unpaired) electrons. The Morgan fingerprint density at radius 1 is 0.690 bits per heavy atom. The van der Waals surface area contributed by atoms with E-state index < -0.39 is 51.5 Å². The van der Waals surface area contributed by atoms with E-state index in [2.05, 4.69) is 0 Å². The van der Waals surface area contributed by atoms with Crippen LogP contribution in [0.3, 0.4) is 0 Å². The monoisotopic (exact) mass is 570 g/mol. The fourth-order valence-corrected chi connectivity index (χ4v) is 6.24. The highest BCUT2D eigenvalue weighted by Gasteiger charge is 2.39. The molecule has 0 saturated heterocycles. The molecule has 0 saturated carbocycles. The average Bonchev–Trinajstić information content (AvgIpc) is 2.89. The number of methoxy groups -OCH3 is 2. The van der Waals surface area contributed by atoms with Crippen LogP contribution < -0.4 is 9.47 Å². The predicted octanol–water partition coefficient (Wildman–Crippen LogP) is 4.31. The van der Waals surface area contributed by atoms with Crippen molar-refractivity contribution in [1.29, 1.82) is 0 Å². The smallest absolute Gasteiger partial charge is 0.201 e. The number of ketones is 3. The Labute approximate surface area is 239 Å². The molecule has 0 amide bonds. The van der Waals surface area contributed by atoms with Gasteiger partial charge in [-0.05, 0) is 60.7 Å². The molecule has 0 spiro atoms. The molecule has 1 unspecified atom stereocenters. The summed E-state index contributed by atoms with van der Waals surface area (Å²) in [6.07, 6.45) is -0.141. The lowest BCUT2D eigenvalue weighted by atomic mass is 9.78. The molecule has 42 heavy (non-hydrogen) atoms. The molecule has 0 bridgehead atoms. The van der Waals surface area contributed by atoms with Gasteiger partial charge in [0.1, 0.15) is 34.5 Å². The van der Waals surface area contributed by atoms with Crippen LogP contribution in [-0.4, -0.2) is 62.7 Å². The summed E-state index contributed by atoms with van der Waals surface area (Å²) in [7, 11) is 2.58. The zero-order valence-corrected chi connectivity index (χ0v) is 23.1. The topological polar surface area (TPSA) is 171 Å². The lowest BCUT2D eigenvalue weighted by Gasteiger charge is -2.30. The Bertz CT molecular complexity index is 1930. The van der Waals surface area contributed by atoms with Crippen molar-refractivity contribution in [2.24, 2.45) is 0 Å². The van der Waals surface area contributed by atoms with Gasteiger partial charge in [0.05, 0.1) is 53.0 Å². The number of carbonyl (C=O) groups is 3. The van der Waals surface area contributed by atoms with Crippen LogP contribution in [0.1, 0.15) is 66.7 Å². The van der Waals surface area contributed by atoms with Gasteiger partial charge in [0.15, 0.2) is 11.6 Å². The van der Waals surface area contributed by atoms with E-state index in [1.165, 1.54) is 45.4 Å². The molecular weight excluding hydrogens is 544 g/mol. The van der Waals surface area contributed by atoms with Crippen molar-refractivity contribution < 1.29 is 49.4 Å². The lowest BCUT2D eigenvalue weighted by molar-refractivity contribution is 0.0409. The molecule has 10 nitrogen and oxygen atoms in total. The Morgan fingerprint density at radius 2 is 1.29 bits per heavy atom. The number of carbonyl (C=O) groups excluding carboxylic acids is 3. The highest BCUT2D eigenvalue weighted by molar-refractivity contribution is 6.31. The maximum atomic E-state index is 13.6. The number of ether oxygens (including phenoxy) is 2. The number of hydrogen-bond acceptors (Lipinski definition) is 10. The van der Waals surface area contributed by atoms with E-state index in [1.807, 2.05) is 0 Å². The summed E-state index contributed by atoms with van der Waals surface area (Å²) >= 11 is 0. The molecule has 4 aromatic rings. The van der Waals surface area contributed by atoms with Gasteiger partial charge in [0, 0.05) is 24.0 Å². The molecule has 2 aliphatic carbocycles. The molecule has 0 aromatic heterocycles. The minimum Gasteiger partial charge on any atom is -0.507 e. The van der Waals surface area contributed by atoms with Gasteiger partial charge in [-0.1, -0.05) is 0 Å². The van der Waals surface area contributed by atoms with Crippen molar-refractivity contribution in [3.63, 3.8) is 0 Å². The number of hydrogen-bond donors (Lipinski definition) is 5. The third kappa shape index (κ3) is 3.65. The minimum atomic E-state index is -1.31. The fraction of sp³-hybridized carbons (Fsp3) is 0.219. The molecule has 10 heteroatoms. The Morgan fingerprint density at radius 3 is 1.95 bits per heavy atom. The molecule has 4 aromatic carbocycles. The first kappa shape index (κ1) is 27.1. The van der Waals surface area contributed by atoms with E-state index in [0.29, 0.717) is 11.1 Å². The molecule has 2 aliphatic rings. The maximum absolute atomic E-state index is 13.6. The first-order valence-electron chi connectivity index (χ1n) is 13.0. The van der Waals surface area contributed by atoms with E-state index >= 15 is 0 Å². The Balaban J connectivity index is 1.67. The zero-order chi connectivity index (χ0) is 30.4. The largest absolute Gasteiger partial charge is 0.507 e. The summed E-state index contributed by atoms with van der Waals surface area (Å²) in [5.41, 5.74) is -1.65. The average molecular weight is 571 g/mol. The van der Waals surface area contributed by atoms with Crippen LogP contribution in [-0.2, 0) is 6.42 Å². The number of Topliss-reactive ketones (excluding diaryl/α,β-unsaturated/α-hetero) is 1. The number of aryl methyl sites for hydroxylation is 1. The van der Waals surface area contributed by atoms with Gasteiger partial charge in [-0.3, -0.25) is 14.4 Å². The summed E-state index contributed by atoms with van der Waals surface area (Å²) < 4.78 is 11.1. The van der Waals surface area contributed by atoms with Gasteiger partial charge in [0.25, 0.3) is 0 Å². The third-order valence-corrected chi connectivity index (χ3v) is 7.97. The summed E-state index contributed by atoms with van der Waals surface area (Å²) in [5, 5.41) is 55.7. The van der Waals surface area contributed by atoms with Gasteiger partial charge in [0.2, 0.25) is 5.78 Å². The van der Waals surface area contributed by atoms with Gasteiger partial charge in [-0.2, -0.15) is 0 Å². The predicted molar refractivity (Wildman–Crippen MR) is 150 cm³/mol. The van der Waals surface area contributed by atoms with Gasteiger partial charge in [-0.25, -0.2) is 0 Å². The van der Waals surface area contributed by atoms with Gasteiger partial charge in [-0.15, -0.1) is 0 Å². The van der Waals surface area contributed by atoms with Crippen molar-refractivity contribution in [3.05, 3.63) is 69.3 Å². The summed E-state index contributed by atoms with van der Waals surface area (Å²) in [4.78, 5) is 40.0. The van der Waals surface area contributed by atoms with Crippen LogP contribution in [0.25, 0.3) is 21.9 Å². The number of aliphatic hydroxyl groups is 1. The van der Waals surface area contributed by atoms with Crippen LogP contribution in [0.4, 0.5) is 0 Å². The minimum absolute atomic E-state index is 0.00949. The number of aromatic hydroxyl groups is 4. The standard InChI is InChI=1S/C32H26O10/c1-12-5-15-23(17(33)6-12)30(38)24-16(27(15)35)9-20(42-4)26(31(24)39)25-19(41-3)8-13-7-14-10-32(2,40)11-18(34)21(14)28(36)22(13)29(25)37/h5-9,33,36-37,39-40H,10-11H2,1-4H3. The normalized spacial score (nSPS) is 17.6. The van der Waals surface area contributed by atoms with Crippen LogP contribution in [0.2, 0.25) is 0 Å². The molecule has 1 atom stereocenters. The number of phenolic OH excluding ortho intramolecular Hbond substituents is 4. The number of fused-ring (bicyclic) bond motifs is 4. The molecule has 5 N–H and O–H groups in total. The van der Waals surface area contributed by atoms with Crippen LogP contribution >= 0.6 is 0 Å². The highest BCUT2D eigenvalue weighted by atomic mass is 16.5. The van der Waals surface area contributed by atoms with Crippen LogP contribution in [0.5, 0.6) is 34.5 Å². The van der Waals surface area contributed by atoms with Crippen molar-refractivity contribution in [3.8, 4) is 45.6 Å². The summed E-state index contributed by atoms with van der Waals surface area (Å²) in [6.45, 7) is 3.18. The quantitative estimate of drug-likeness (QED) is 0.211. The molecule has 214 valence electrons. The maximum Gasteiger partial charge on any atom is 0.201 e. The van der Waals surface area contributed by atoms with E-state index in [9.17, 15) is 39.9 Å². The van der Waals surface area contributed by atoms with Gasteiger partial charge < -0.3 is 35.0 Å². The molecule has 0 aliphatic heterocycles. The zero-order valence-electron chi connectivity index (χ0n) is 23.1. The van der Waals surface area contributed by atoms with Crippen molar-refractivity contribution in [2.45, 2.75) is 32.3 Å². The van der Waals surface area contributed by atoms with Gasteiger partial charge >= 0.3 is 0 Å². The van der Waals surface area contributed by atoms with Crippen molar-refractivity contribution >= 4 is 28.1 Å². The van der Waals surface area contributed by atoms with Crippen LogP contribution in [0.15, 0.2) is 30.3 Å². The second kappa shape index (κ2) is 8.95. The van der Waals surface area contributed by atoms with Crippen molar-refractivity contribution in [1.82, 2.24) is 0 Å². The lowest BCUT2D eigenvalue weighted by Crippen LogP contribution is -2.35. The van der Waals surface area contributed by atoms with Crippen LogP contribution in [0, 0.1) is 6.92 Å². The van der Waals surface area contributed by atoms with E-state index in [0.717, 1.165) is 0 Å². The Hall–Kier alpha value is -5.09. The summed E-state index contributed by atoms with van der Waals surface area (Å²) in [6, 6.07) is 7.09. The highest BCUT2D eigenvalue weighted by Crippen LogP contribution is 2.55.